The first kappa shape index (κ1) is 30.8. The van der Waals surface area contributed by atoms with Gasteiger partial charge in [-0.25, -0.2) is 9.97 Å². The molecule has 0 spiro atoms. The maximum absolute atomic E-state index is 5.36. The normalized spacial score (nSPS) is 12.7. The minimum Gasteiger partial charge on any atom is -0.355 e. The van der Waals surface area contributed by atoms with Gasteiger partial charge in [0, 0.05) is 44.4 Å². The number of aryl methyl sites for hydroxylation is 4. The second-order valence-electron chi connectivity index (χ2n) is 12.1. The van der Waals surface area contributed by atoms with Gasteiger partial charge in [-0.2, -0.15) is 0 Å². The maximum atomic E-state index is 5.36. The number of H-pyrrole nitrogens is 2. The number of nitrogens with zero attached hydrogens (tertiary/aromatic N) is 2. The SMILES string of the molecule is C/C=C/c1cc2[nH]c1c(CCCC)c1nc(c(CCCC)c3ccc([nH]3)c(CCCC)c3nc(c2CCCC)C=C3)C=C1. The highest BCUT2D eigenvalue weighted by Gasteiger charge is 2.17. The smallest absolute Gasteiger partial charge is 0.0690 e. The molecule has 4 nitrogen and oxygen atoms in total. The van der Waals surface area contributed by atoms with Crippen molar-refractivity contribution in [3.05, 3.63) is 74.9 Å². The van der Waals surface area contributed by atoms with E-state index in [4.69, 9.17) is 9.97 Å². The molecule has 0 amide bonds. The zero-order valence-corrected chi connectivity index (χ0v) is 27.1. The zero-order chi connectivity index (χ0) is 30.2. The molecule has 0 saturated carbocycles. The number of nitrogens with one attached hydrogen (secondary N) is 2. The molecule has 5 rings (SSSR count). The molecule has 0 aromatic carbocycles. The summed E-state index contributed by atoms with van der Waals surface area (Å²) in [6, 6.07) is 6.88. The summed E-state index contributed by atoms with van der Waals surface area (Å²) in [5, 5.41) is 0. The Labute approximate surface area is 258 Å². The van der Waals surface area contributed by atoms with Gasteiger partial charge in [-0.15, -0.1) is 0 Å². The van der Waals surface area contributed by atoms with Gasteiger partial charge in [0.05, 0.1) is 28.3 Å². The summed E-state index contributed by atoms with van der Waals surface area (Å²) >= 11 is 0. The van der Waals surface area contributed by atoms with Crippen LogP contribution in [0.3, 0.4) is 0 Å². The fraction of sp³-hybridized carbons (Fsp3) is 0.436. The Morgan fingerprint density at radius 1 is 0.558 bits per heavy atom. The number of fused-ring (bicyclic) bond motifs is 8. The molecule has 5 heterocycles. The van der Waals surface area contributed by atoms with Gasteiger partial charge in [0.2, 0.25) is 0 Å². The Morgan fingerprint density at radius 3 is 1.42 bits per heavy atom. The lowest BCUT2D eigenvalue weighted by Gasteiger charge is -2.06. The Morgan fingerprint density at radius 2 is 0.977 bits per heavy atom. The monoisotopic (exact) mass is 574 g/mol. The van der Waals surface area contributed by atoms with Gasteiger partial charge in [-0.1, -0.05) is 65.5 Å². The van der Waals surface area contributed by atoms with E-state index in [1.54, 1.807) is 0 Å². The second-order valence-corrected chi connectivity index (χ2v) is 12.1. The van der Waals surface area contributed by atoms with Crippen LogP contribution in [0.5, 0.6) is 0 Å². The molecular formula is C39H50N4. The van der Waals surface area contributed by atoms with Crippen LogP contribution in [0.4, 0.5) is 0 Å². The van der Waals surface area contributed by atoms with Crippen molar-refractivity contribution >= 4 is 52.4 Å². The molecule has 2 N–H and O–H groups in total. The van der Waals surface area contributed by atoms with Crippen molar-refractivity contribution < 1.29 is 0 Å². The number of allylic oxidation sites excluding steroid dienone is 1. The summed E-state index contributed by atoms with van der Waals surface area (Å²) in [6.45, 7) is 11.2. The zero-order valence-electron chi connectivity index (χ0n) is 27.1. The van der Waals surface area contributed by atoms with E-state index in [-0.39, 0.29) is 0 Å². The lowest BCUT2D eigenvalue weighted by Crippen LogP contribution is -1.95. The molecule has 3 aromatic rings. The van der Waals surface area contributed by atoms with E-state index in [0.717, 1.165) is 99.8 Å². The van der Waals surface area contributed by atoms with E-state index >= 15 is 0 Å². The molecule has 43 heavy (non-hydrogen) atoms. The Kier molecular flexibility index (Phi) is 10.5. The first-order chi connectivity index (χ1) is 21.1. The third kappa shape index (κ3) is 6.79. The summed E-state index contributed by atoms with van der Waals surface area (Å²) < 4.78 is 0. The summed E-state index contributed by atoms with van der Waals surface area (Å²) in [5.74, 6) is 0. The Balaban J connectivity index is 1.95. The van der Waals surface area contributed by atoms with Crippen LogP contribution in [0.15, 0.2) is 24.3 Å². The molecule has 0 atom stereocenters. The molecule has 4 heteroatoms. The standard InChI is InChI=1S/C39H50N4/c1-6-11-16-28-32-20-21-33(40-32)29(17-12-7-2)35-24-25-37(42-35)31(19-14-9-4)39-27(15-10-5)26-38(43-39)30(18-13-8-3)36-23-22-34(28)41-36/h10,15,20-26,40,43H,6-9,11-14,16-19H2,1-5H3/b15-10+,32-28?,33-29?,34-28?,35-29?,36-30?,37-31?,38-30?,39-31?. The van der Waals surface area contributed by atoms with Crippen LogP contribution < -0.4 is 0 Å². The van der Waals surface area contributed by atoms with Crippen molar-refractivity contribution in [3.63, 3.8) is 0 Å². The van der Waals surface area contributed by atoms with E-state index in [9.17, 15) is 0 Å². The van der Waals surface area contributed by atoms with Crippen molar-refractivity contribution in [3.8, 4) is 0 Å². The van der Waals surface area contributed by atoms with Crippen LogP contribution in [0.1, 0.15) is 137 Å². The predicted molar refractivity (Wildman–Crippen MR) is 188 cm³/mol. The second kappa shape index (κ2) is 14.7. The largest absolute Gasteiger partial charge is 0.355 e. The minimum atomic E-state index is 0.993. The molecule has 8 bridgehead atoms. The molecule has 0 fully saturated rings. The number of aromatic nitrogens is 4. The first-order valence-electron chi connectivity index (χ1n) is 16.9. The van der Waals surface area contributed by atoms with Crippen LogP contribution >= 0.6 is 0 Å². The van der Waals surface area contributed by atoms with Crippen molar-refractivity contribution in [2.45, 2.75) is 112 Å². The van der Waals surface area contributed by atoms with Crippen molar-refractivity contribution in [2.24, 2.45) is 0 Å². The average molecular weight is 575 g/mol. The van der Waals surface area contributed by atoms with Crippen LogP contribution in [-0.4, -0.2) is 19.9 Å². The minimum absolute atomic E-state index is 0.993. The third-order valence-corrected chi connectivity index (χ3v) is 8.80. The highest BCUT2D eigenvalue weighted by atomic mass is 14.8. The van der Waals surface area contributed by atoms with Crippen molar-refractivity contribution in [1.29, 1.82) is 0 Å². The van der Waals surface area contributed by atoms with Gasteiger partial charge in [0.15, 0.2) is 0 Å². The van der Waals surface area contributed by atoms with Crippen LogP contribution in [-0.2, 0) is 25.7 Å². The Bertz CT molecular complexity index is 1680. The van der Waals surface area contributed by atoms with Crippen LogP contribution in [0.25, 0.3) is 52.4 Å². The van der Waals surface area contributed by atoms with Gasteiger partial charge < -0.3 is 9.97 Å². The van der Waals surface area contributed by atoms with E-state index in [0.29, 0.717) is 0 Å². The van der Waals surface area contributed by atoms with E-state index < -0.39 is 0 Å². The van der Waals surface area contributed by atoms with Crippen molar-refractivity contribution in [1.82, 2.24) is 19.9 Å². The van der Waals surface area contributed by atoms with E-state index in [1.165, 1.54) is 49.9 Å². The van der Waals surface area contributed by atoms with Gasteiger partial charge in [-0.3, -0.25) is 0 Å². The molecule has 0 aliphatic carbocycles. The highest BCUT2D eigenvalue weighted by Crippen LogP contribution is 2.31. The predicted octanol–water partition coefficient (Wildman–Crippen LogP) is 11.1. The summed E-state index contributed by atoms with van der Waals surface area (Å²) in [7, 11) is 0. The lowest BCUT2D eigenvalue weighted by atomic mass is 10.0. The molecular weight excluding hydrogens is 524 g/mol. The number of unbranched alkanes of at least 4 members (excludes halogenated alkanes) is 4. The molecule has 2 aliphatic rings. The van der Waals surface area contributed by atoms with E-state index in [2.05, 4.69) is 99.2 Å². The van der Waals surface area contributed by atoms with Gasteiger partial charge in [0.1, 0.15) is 0 Å². The van der Waals surface area contributed by atoms with Gasteiger partial charge in [-0.05, 0) is 101 Å². The molecule has 2 aliphatic heterocycles. The van der Waals surface area contributed by atoms with Crippen molar-refractivity contribution in [2.75, 3.05) is 0 Å². The molecule has 226 valence electrons. The number of aromatic amines is 2. The molecule has 0 unspecified atom stereocenters. The Hall–Kier alpha value is -3.66. The molecule has 3 aromatic heterocycles. The van der Waals surface area contributed by atoms with Crippen LogP contribution in [0.2, 0.25) is 0 Å². The fourth-order valence-corrected chi connectivity index (χ4v) is 6.34. The van der Waals surface area contributed by atoms with Crippen LogP contribution in [0, 0.1) is 0 Å². The quantitative estimate of drug-likeness (QED) is 0.147. The summed E-state index contributed by atoms with van der Waals surface area (Å²) in [4.78, 5) is 18.5. The fourth-order valence-electron chi connectivity index (χ4n) is 6.34. The first-order valence-corrected chi connectivity index (χ1v) is 16.9. The van der Waals surface area contributed by atoms with E-state index in [1.807, 2.05) is 0 Å². The van der Waals surface area contributed by atoms with Gasteiger partial charge >= 0.3 is 0 Å². The maximum Gasteiger partial charge on any atom is 0.0690 e. The topological polar surface area (TPSA) is 57.4 Å². The number of rotatable bonds is 13. The summed E-state index contributed by atoms with van der Waals surface area (Å²) in [5.41, 5.74) is 15.6. The molecule has 0 radical (unpaired) electrons. The average Bonchev–Trinajstić information content (AvgIpc) is 3.83. The highest BCUT2D eigenvalue weighted by molar-refractivity contribution is 5.87. The third-order valence-electron chi connectivity index (χ3n) is 8.80. The number of hydrogen-bond donors (Lipinski definition) is 2. The number of hydrogen-bond acceptors (Lipinski definition) is 2. The lowest BCUT2D eigenvalue weighted by molar-refractivity contribution is 0.789. The molecule has 0 saturated heterocycles. The van der Waals surface area contributed by atoms with Gasteiger partial charge in [0.25, 0.3) is 0 Å². The summed E-state index contributed by atoms with van der Waals surface area (Å²) in [6.07, 6.45) is 26.5.